The summed E-state index contributed by atoms with van der Waals surface area (Å²) in [5, 5.41) is 2.77. The monoisotopic (exact) mass is 280 g/mol. The number of benzene rings is 1. The Morgan fingerprint density at radius 2 is 1.85 bits per heavy atom. The second-order valence-electron chi connectivity index (χ2n) is 5.59. The molecule has 0 saturated carbocycles. The van der Waals surface area contributed by atoms with Crippen molar-refractivity contribution >= 4 is 17.3 Å². The van der Waals surface area contributed by atoms with Crippen molar-refractivity contribution in [1.82, 2.24) is 0 Å². The summed E-state index contributed by atoms with van der Waals surface area (Å²) >= 11 is 0. The van der Waals surface area contributed by atoms with Gasteiger partial charge in [-0.05, 0) is 52.0 Å². The summed E-state index contributed by atoms with van der Waals surface area (Å²) in [6.45, 7) is 8.49. The van der Waals surface area contributed by atoms with Crippen LogP contribution >= 0.6 is 0 Å². The Morgan fingerprint density at radius 1 is 1.25 bits per heavy atom. The lowest BCUT2D eigenvalue weighted by atomic mass is 10.2. The van der Waals surface area contributed by atoms with Gasteiger partial charge in [-0.2, -0.15) is 0 Å². The van der Waals surface area contributed by atoms with Crippen molar-refractivity contribution in [3.05, 3.63) is 24.3 Å². The van der Waals surface area contributed by atoms with E-state index in [1.165, 1.54) is 0 Å². The van der Waals surface area contributed by atoms with Crippen molar-refractivity contribution in [3.8, 4) is 0 Å². The number of nitrogen functional groups attached to an aromatic ring is 1. The number of amides is 1. The van der Waals surface area contributed by atoms with Crippen LogP contribution in [-0.2, 0) is 14.3 Å². The zero-order chi connectivity index (χ0) is 15.2. The largest absolute Gasteiger partial charge is 0.399 e. The molecule has 20 heavy (non-hydrogen) atoms. The molecular weight excluding hydrogens is 256 g/mol. The molecule has 0 aliphatic rings. The van der Waals surface area contributed by atoms with Gasteiger partial charge in [0, 0.05) is 11.4 Å². The molecule has 0 heterocycles. The number of nitrogens with one attached hydrogen (secondary N) is 1. The fourth-order valence-electron chi connectivity index (χ4n) is 1.46. The molecule has 0 aliphatic carbocycles. The number of ether oxygens (including phenoxy) is 2. The molecule has 0 saturated heterocycles. The van der Waals surface area contributed by atoms with E-state index in [9.17, 15) is 4.79 Å². The van der Waals surface area contributed by atoms with Gasteiger partial charge in [0.25, 0.3) is 5.91 Å². The molecule has 0 bridgehead atoms. The molecule has 0 aliphatic heterocycles. The second-order valence-corrected chi connectivity index (χ2v) is 5.59. The maximum atomic E-state index is 11.9. The summed E-state index contributed by atoms with van der Waals surface area (Å²) < 4.78 is 11.0. The van der Waals surface area contributed by atoms with Crippen LogP contribution in [0.2, 0.25) is 0 Å². The van der Waals surface area contributed by atoms with Crippen LogP contribution in [0.3, 0.4) is 0 Å². The van der Waals surface area contributed by atoms with Crippen molar-refractivity contribution in [1.29, 1.82) is 0 Å². The van der Waals surface area contributed by atoms with Gasteiger partial charge < -0.3 is 20.5 Å². The highest BCUT2D eigenvalue weighted by molar-refractivity contribution is 5.94. The van der Waals surface area contributed by atoms with Crippen molar-refractivity contribution in [2.24, 2.45) is 0 Å². The summed E-state index contributed by atoms with van der Waals surface area (Å²) in [5.41, 5.74) is 6.74. The number of nitrogens with two attached hydrogens (primary N) is 1. The number of hydrogen-bond donors (Lipinski definition) is 2. The van der Waals surface area contributed by atoms with E-state index < -0.39 is 6.10 Å². The van der Waals surface area contributed by atoms with E-state index in [0.29, 0.717) is 24.6 Å². The molecule has 1 amide bonds. The number of anilines is 2. The molecule has 1 aromatic carbocycles. The minimum atomic E-state index is -0.531. The molecule has 3 N–H and O–H groups in total. The first kappa shape index (κ1) is 16.5. The van der Waals surface area contributed by atoms with Gasteiger partial charge in [-0.15, -0.1) is 0 Å². The molecule has 112 valence electrons. The fraction of sp³-hybridized carbons (Fsp3) is 0.533. The van der Waals surface area contributed by atoms with Gasteiger partial charge in [-0.3, -0.25) is 4.79 Å². The lowest BCUT2D eigenvalue weighted by molar-refractivity contribution is -0.128. The van der Waals surface area contributed by atoms with E-state index in [-0.39, 0.29) is 11.5 Å². The van der Waals surface area contributed by atoms with E-state index in [1.807, 2.05) is 20.8 Å². The molecule has 5 heteroatoms. The van der Waals surface area contributed by atoms with Crippen molar-refractivity contribution in [3.63, 3.8) is 0 Å². The van der Waals surface area contributed by atoms with E-state index in [0.717, 1.165) is 0 Å². The Balaban J connectivity index is 2.30. The Kier molecular flexibility index (Phi) is 5.98. The molecule has 0 fully saturated rings. The highest BCUT2D eigenvalue weighted by atomic mass is 16.5. The third-order valence-electron chi connectivity index (χ3n) is 2.53. The zero-order valence-electron chi connectivity index (χ0n) is 12.6. The molecule has 0 spiro atoms. The van der Waals surface area contributed by atoms with E-state index in [1.54, 1.807) is 31.2 Å². The molecule has 5 nitrogen and oxygen atoms in total. The normalized spacial score (nSPS) is 13.0. The Bertz CT molecular complexity index is 424. The van der Waals surface area contributed by atoms with Crippen LogP contribution in [0.1, 0.15) is 27.7 Å². The van der Waals surface area contributed by atoms with Crippen molar-refractivity contribution in [2.75, 3.05) is 24.3 Å². The van der Waals surface area contributed by atoms with E-state index in [2.05, 4.69) is 5.32 Å². The van der Waals surface area contributed by atoms with Crippen molar-refractivity contribution in [2.45, 2.75) is 39.4 Å². The fourth-order valence-corrected chi connectivity index (χ4v) is 1.46. The minimum Gasteiger partial charge on any atom is -0.399 e. The second kappa shape index (κ2) is 7.26. The van der Waals surface area contributed by atoms with Gasteiger partial charge in [0.2, 0.25) is 0 Å². The van der Waals surface area contributed by atoms with Crippen LogP contribution in [0.25, 0.3) is 0 Å². The van der Waals surface area contributed by atoms with Gasteiger partial charge in [0.15, 0.2) is 0 Å². The quantitative estimate of drug-likeness (QED) is 0.620. The molecule has 0 aromatic heterocycles. The van der Waals surface area contributed by atoms with Gasteiger partial charge in [-0.1, -0.05) is 0 Å². The predicted molar refractivity (Wildman–Crippen MR) is 80.6 cm³/mol. The number of rotatable bonds is 6. The van der Waals surface area contributed by atoms with E-state index in [4.69, 9.17) is 15.2 Å². The Morgan fingerprint density at radius 3 is 2.40 bits per heavy atom. The van der Waals surface area contributed by atoms with Crippen LogP contribution in [0.15, 0.2) is 24.3 Å². The first-order valence-corrected chi connectivity index (χ1v) is 6.70. The lowest BCUT2D eigenvalue weighted by Crippen LogP contribution is -2.30. The SMILES string of the molecule is CC(OCCOC(C)(C)C)C(=O)Nc1ccc(N)cc1. The average Bonchev–Trinajstić information content (AvgIpc) is 2.36. The van der Waals surface area contributed by atoms with Gasteiger partial charge in [-0.25, -0.2) is 0 Å². The maximum absolute atomic E-state index is 11.9. The van der Waals surface area contributed by atoms with Crippen LogP contribution < -0.4 is 11.1 Å². The van der Waals surface area contributed by atoms with Gasteiger partial charge in [0.1, 0.15) is 6.10 Å². The highest BCUT2D eigenvalue weighted by Gasteiger charge is 2.14. The lowest BCUT2D eigenvalue weighted by Gasteiger charge is -2.20. The summed E-state index contributed by atoms with van der Waals surface area (Å²) in [6.07, 6.45) is -0.531. The Labute approximate surface area is 120 Å². The molecular formula is C15H24N2O3. The first-order valence-electron chi connectivity index (χ1n) is 6.70. The third kappa shape index (κ3) is 6.54. The van der Waals surface area contributed by atoms with Crippen LogP contribution in [-0.4, -0.2) is 30.8 Å². The Hall–Kier alpha value is -1.59. The maximum Gasteiger partial charge on any atom is 0.253 e. The number of hydrogen-bond acceptors (Lipinski definition) is 4. The third-order valence-corrected chi connectivity index (χ3v) is 2.53. The molecule has 1 aromatic rings. The smallest absolute Gasteiger partial charge is 0.253 e. The zero-order valence-corrected chi connectivity index (χ0v) is 12.6. The van der Waals surface area contributed by atoms with Gasteiger partial charge in [0.05, 0.1) is 18.8 Å². The number of carbonyl (C=O) groups is 1. The van der Waals surface area contributed by atoms with Crippen LogP contribution in [0.4, 0.5) is 11.4 Å². The molecule has 0 radical (unpaired) electrons. The van der Waals surface area contributed by atoms with Crippen LogP contribution in [0.5, 0.6) is 0 Å². The molecule has 1 unspecified atom stereocenters. The predicted octanol–water partition coefficient (Wildman–Crippen LogP) is 2.43. The number of carbonyl (C=O) groups excluding carboxylic acids is 1. The highest BCUT2D eigenvalue weighted by Crippen LogP contribution is 2.11. The topological polar surface area (TPSA) is 73.6 Å². The standard InChI is InChI=1S/C15H24N2O3/c1-11(19-9-10-20-15(2,3)4)14(18)17-13-7-5-12(16)6-8-13/h5-8,11H,9-10,16H2,1-4H3,(H,17,18). The van der Waals surface area contributed by atoms with Crippen LogP contribution in [0, 0.1) is 0 Å². The van der Waals surface area contributed by atoms with Gasteiger partial charge >= 0.3 is 0 Å². The molecule has 1 atom stereocenters. The first-order chi connectivity index (χ1) is 9.28. The summed E-state index contributed by atoms with van der Waals surface area (Å²) in [6, 6.07) is 6.97. The summed E-state index contributed by atoms with van der Waals surface area (Å²) in [7, 11) is 0. The minimum absolute atomic E-state index is 0.189. The molecule has 1 rings (SSSR count). The van der Waals surface area contributed by atoms with Crippen molar-refractivity contribution < 1.29 is 14.3 Å². The summed E-state index contributed by atoms with van der Waals surface area (Å²) in [4.78, 5) is 11.9. The summed E-state index contributed by atoms with van der Waals surface area (Å²) in [5.74, 6) is -0.189. The van der Waals surface area contributed by atoms with E-state index >= 15 is 0 Å². The average molecular weight is 280 g/mol.